The standard InChI is InChI=1S/C17H32N2O/c1-13(2)10-19(11-14(3)4)12-16-7-8-20-17(16)9-18-15(5)6/h7-8,13-15,18H,9-12H2,1-6H3. The second-order valence-electron chi connectivity index (χ2n) is 6.89. The summed E-state index contributed by atoms with van der Waals surface area (Å²) >= 11 is 0. The van der Waals surface area contributed by atoms with Crippen LogP contribution < -0.4 is 5.32 Å². The molecule has 0 saturated carbocycles. The highest BCUT2D eigenvalue weighted by Gasteiger charge is 2.14. The van der Waals surface area contributed by atoms with Gasteiger partial charge in [0.05, 0.1) is 12.8 Å². The predicted octanol–water partition coefficient (Wildman–Crippen LogP) is 3.89. The highest BCUT2D eigenvalue weighted by Crippen LogP contribution is 2.16. The van der Waals surface area contributed by atoms with Crippen molar-refractivity contribution in [2.45, 2.75) is 60.7 Å². The molecule has 3 heteroatoms. The Kier molecular flexibility index (Phi) is 7.31. The fourth-order valence-corrected chi connectivity index (χ4v) is 2.44. The van der Waals surface area contributed by atoms with Crippen LogP contribution in [0.1, 0.15) is 52.9 Å². The van der Waals surface area contributed by atoms with Gasteiger partial charge in [-0.3, -0.25) is 4.90 Å². The van der Waals surface area contributed by atoms with E-state index in [4.69, 9.17) is 4.42 Å². The largest absolute Gasteiger partial charge is 0.468 e. The first-order valence-electron chi connectivity index (χ1n) is 7.89. The van der Waals surface area contributed by atoms with Crippen LogP contribution in [0.25, 0.3) is 0 Å². The average molecular weight is 280 g/mol. The predicted molar refractivity (Wildman–Crippen MR) is 85.6 cm³/mol. The SMILES string of the molecule is CC(C)CN(Cc1ccoc1CNC(C)C)CC(C)C. The van der Waals surface area contributed by atoms with Crippen molar-refractivity contribution in [3.8, 4) is 0 Å². The summed E-state index contributed by atoms with van der Waals surface area (Å²) in [7, 11) is 0. The third-order valence-corrected chi connectivity index (χ3v) is 3.15. The van der Waals surface area contributed by atoms with Crippen LogP contribution in [0, 0.1) is 11.8 Å². The van der Waals surface area contributed by atoms with Crippen LogP contribution >= 0.6 is 0 Å². The minimum absolute atomic E-state index is 0.482. The number of hydrogen-bond donors (Lipinski definition) is 1. The van der Waals surface area contributed by atoms with Crippen LogP contribution in [0.5, 0.6) is 0 Å². The van der Waals surface area contributed by atoms with Crippen LogP contribution in [-0.2, 0) is 13.1 Å². The lowest BCUT2D eigenvalue weighted by molar-refractivity contribution is 0.210. The van der Waals surface area contributed by atoms with E-state index in [0.29, 0.717) is 17.9 Å². The molecule has 1 rings (SSSR count). The minimum Gasteiger partial charge on any atom is -0.468 e. The van der Waals surface area contributed by atoms with Gasteiger partial charge in [-0.15, -0.1) is 0 Å². The fourth-order valence-electron chi connectivity index (χ4n) is 2.44. The Balaban J connectivity index is 2.65. The smallest absolute Gasteiger partial charge is 0.122 e. The lowest BCUT2D eigenvalue weighted by atomic mass is 10.1. The van der Waals surface area contributed by atoms with Crippen LogP contribution in [0.15, 0.2) is 16.7 Å². The third-order valence-electron chi connectivity index (χ3n) is 3.15. The van der Waals surface area contributed by atoms with Crippen molar-refractivity contribution in [1.29, 1.82) is 0 Å². The normalized spacial score (nSPS) is 12.3. The molecule has 1 aromatic heterocycles. The van der Waals surface area contributed by atoms with Gasteiger partial charge in [0.1, 0.15) is 5.76 Å². The van der Waals surface area contributed by atoms with Crippen molar-refractivity contribution in [3.05, 3.63) is 23.7 Å². The van der Waals surface area contributed by atoms with E-state index in [1.54, 1.807) is 0 Å². The molecule has 116 valence electrons. The maximum atomic E-state index is 5.64. The topological polar surface area (TPSA) is 28.4 Å². The Morgan fingerprint density at radius 3 is 2.15 bits per heavy atom. The van der Waals surface area contributed by atoms with Crippen LogP contribution in [-0.4, -0.2) is 24.0 Å². The molecular formula is C17H32N2O. The Hall–Kier alpha value is -0.800. The Morgan fingerprint density at radius 1 is 1.05 bits per heavy atom. The first-order chi connectivity index (χ1) is 9.38. The van der Waals surface area contributed by atoms with Crippen LogP contribution in [0.3, 0.4) is 0 Å². The number of nitrogens with zero attached hydrogens (tertiary/aromatic N) is 1. The summed E-state index contributed by atoms with van der Waals surface area (Å²) in [4.78, 5) is 2.54. The Bertz CT molecular complexity index is 359. The molecule has 0 amide bonds. The van der Waals surface area contributed by atoms with Crippen molar-refractivity contribution in [1.82, 2.24) is 10.2 Å². The van der Waals surface area contributed by atoms with Gasteiger partial charge in [0.2, 0.25) is 0 Å². The molecule has 1 aromatic rings. The molecular weight excluding hydrogens is 248 g/mol. The van der Waals surface area contributed by atoms with E-state index < -0.39 is 0 Å². The summed E-state index contributed by atoms with van der Waals surface area (Å²) in [6, 6.07) is 2.60. The summed E-state index contributed by atoms with van der Waals surface area (Å²) in [6.07, 6.45) is 1.82. The maximum absolute atomic E-state index is 5.64. The van der Waals surface area contributed by atoms with E-state index >= 15 is 0 Å². The first-order valence-corrected chi connectivity index (χ1v) is 7.89. The molecule has 1 N–H and O–H groups in total. The zero-order valence-corrected chi connectivity index (χ0v) is 14.1. The van der Waals surface area contributed by atoms with Crippen molar-refractivity contribution in [3.63, 3.8) is 0 Å². The molecule has 0 aliphatic carbocycles. The summed E-state index contributed by atoms with van der Waals surface area (Å²) in [5.41, 5.74) is 1.32. The van der Waals surface area contributed by atoms with Crippen molar-refractivity contribution >= 4 is 0 Å². The van der Waals surface area contributed by atoms with Gasteiger partial charge < -0.3 is 9.73 Å². The quantitative estimate of drug-likeness (QED) is 0.744. The second-order valence-corrected chi connectivity index (χ2v) is 6.89. The van der Waals surface area contributed by atoms with Crippen LogP contribution in [0.2, 0.25) is 0 Å². The lowest BCUT2D eigenvalue weighted by Crippen LogP contribution is -2.31. The molecule has 0 radical (unpaired) electrons. The molecule has 0 fully saturated rings. The number of hydrogen-bond acceptors (Lipinski definition) is 3. The molecule has 0 aliphatic rings. The monoisotopic (exact) mass is 280 g/mol. The molecule has 1 heterocycles. The second kappa shape index (κ2) is 8.48. The van der Waals surface area contributed by atoms with E-state index in [9.17, 15) is 0 Å². The molecule has 0 aromatic carbocycles. The number of furan rings is 1. The van der Waals surface area contributed by atoms with Crippen molar-refractivity contribution in [2.75, 3.05) is 13.1 Å². The van der Waals surface area contributed by atoms with E-state index in [1.807, 2.05) is 6.26 Å². The van der Waals surface area contributed by atoms with E-state index in [2.05, 4.69) is 57.8 Å². The summed E-state index contributed by atoms with van der Waals surface area (Å²) in [5.74, 6) is 2.46. The average Bonchev–Trinajstić information content (AvgIpc) is 2.71. The van der Waals surface area contributed by atoms with Gasteiger partial charge in [0, 0.05) is 31.2 Å². The molecule has 3 nitrogen and oxygen atoms in total. The first kappa shape index (κ1) is 17.3. The molecule has 0 atom stereocenters. The molecule has 0 bridgehead atoms. The Labute approximate surface area is 124 Å². The zero-order chi connectivity index (χ0) is 15.1. The fraction of sp³-hybridized carbons (Fsp3) is 0.765. The number of rotatable bonds is 9. The van der Waals surface area contributed by atoms with Gasteiger partial charge in [0.25, 0.3) is 0 Å². The lowest BCUT2D eigenvalue weighted by Gasteiger charge is -2.26. The van der Waals surface area contributed by atoms with Gasteiger partial charge >= 0.3 is 0 Å². The van der Waals surface area contributed by atoms with Gasteiger partial charge in [-0.05, 0) is 17.9 Å². The molecule has 0 spiro atoms. The number of nitrogens with one attached hydrogen (secondary N) is 1. The highest BCUT2D eigenvalue weighted by atomic mass is 16.3. The summed E-state index contributed by atoms with van der Waals surface area (Å²) in [6.45, 7) is 17.5. The van der Waals surface area contributed by atoms with Crippen LogP contribution in [0.4, 0.5) is 0 Å². The maximum Gasteiger partial charge on any atom is 0.122 e. The zero-order valence-electron chi connectivity index (χ0n) is 14.1. The molecule has 20 heavy (non-hydrogen) atoms. The van der Waals surface area contributed by atoms with Crippen molar-refractivity contribution < 1.29 is 4.42 Å². The molecule has 0 aliphatic heterocycles. The van der Waals surface area contributed by atoms with Gasteiger partial charge in [0.15, 0.2) is 0 Å². The third kappa shape index (κ3) is 6.58. The van der Waals surface area contributed by atoms with E-state index in [-0.39, 0.29) is 0 Å². The molecule has 0 unspecified atom stereocenters. The Morgan fingerprint density at radius 2 is 1.65 bits per heavy atom. The van der Waals surface area contributed by atoms with Gasteiger partial charge in [-0.2, -0.15) is 0 Å². The van der Waals surface area contributed by atoms with E-state index in [1.165, 1.54) is 5.56 Å². The van der Waals surface area contributed by atoms with Crippen molar-refractivity contribution in [2.24, 2.45) is 11.8 Å². The molecule has 0 saturated heterocycles. The summed E-state index contributed by atoms with van der Waals surface area (Å²) in [5, 5.41) is 3.43. The highest BCUT2D eigenvalue weighted by molar-refractivity contribution is 5.17. The summed E-state index contributed by atoms with van der Waals surface area (Å²) < 4.78 is 5.64. The minimum atomic E-state index is 0.482. The van der Waals surface area contributed by atoms with Gasteiger partial charge in [-0.25, -0.2) is 0 Å². The van der Waals surface area contributed by atoms with Gasteiger partial charge in [-0.1, -0.05) is 41.5 Å². The van der Waals surface area contributed by atoms with E-state index in [0.717, 1.165) is 31.9 Å².